The summed E-state index contributed by atoms with van der Waals surface area (Å²) in [5, 5.41) is 21.5. The van der Waals surface area contributed by atoms with Crippen LogP contribution in [0.3, 0.4) is 0 Å². The maximum Gasteiger partial charge on any atom is 0.475 e. The van der Waals surface area contributed by atoms with Crippen molar-refractivity contribution in [1.29, 1.82) is 0 Å². The number of amides is 1. The number of hydrogen-bond donors (Lipinski definition) is 4. The van der Waals surface area contributed by atoms with Crippen molar-refractivity contribution in [1.82, 2.24) is 10.2 Å². The molecule has 5 N–H and O–H groups in total. The van der Waals surface area contributed by atoms with Crippen molar-refractivity contribution >= 4 is 30.2 Å². The Morgan fingerprint density at radius 2 is 2.10 bits per heavy atom. The quantitative estimate of drug-likeness (QED) is 0.396. The van der Waals surface area contributed by atoms with Crippen molar-refractivity contribution in [3.63, 3.8) is 0 Å². The number of likely N-dealkylation sites (tertiary alicyclic amines) is 1. The van der Waals surface area contributed by atoms with Gasteiger partial charge in [-0.3, -0.25) is 4.79 Å². The number of carbonyl (C=O) groups excluding carboxylic acids is 1. The van der Waals surface area contributed by atoms with E-state index in [1.54, 1.807) is 11.8 Å². The number of nitrogens with two attached hydrogens (primary N) is 1. The van der Waals surface area contributed by atoms with E-state index in [-0.39, 0.29) is 17.9 Å². The summed E-state index contributed by atoms with van der Waals surface area (Å²) in [6.45, 7) is 6.50. The molecule has 0 saturated carbocycles. The normalized spacial score (nSPS) is 21.3. The lowest BCUT2D eigenvalue weighted by Crippen LogP contribution is -2.54. The van der Waals surface area contributed by atoms with Crippen LogP contribution in [0, 0.1) is 5.92 Å². The van der Waals surface area contributed by atoms with Crippen LogP contribution in [0.15, 0.2) is 0 Å². The van der Waals surface area contributed by atoms with E-state index in [0.29, 0.717) is 30.3 Å². The minimum atomic E-state index is -1.42. The van der Waals surface area contributed by atoms with Crippen molar-refractivity contribution in [2.24, 2.45) is 11.7 Å². The second-order valence-corrected chi connectivity index (χ2v) is 6.54. The molecule has 1 fully saturated rings. The lowest BCUT2D eigenvalue weighted by molar-refractivity contribution is -0.122. The van der Waals surface area contributed by atoms with E-state index in [4.69, 9.17) is 18.0 Å². The molecule has 1 aliphatic rings. The Morgan fingerprint density at radius 1 is 1.48 bits per heavy atom. The summed E-state index contributed by atoms with van der Waals surface area (Å²) in [7, 11) is -1.42. The fourth-order valence-electron chi connectivity index (χ4n) is 2.62. The van der Waals surface area contributed by atoms with E-state index < -0.39 is 13.2 Å². The first-order valence-electron chi connectivity index (χ1n) is 7.46. The smallest absolute Gasteiger partial charge is 0.426 e. The Balaban J connectivity index is 2.56. The minimum absolute atomic E-state index is 0.223. The molecule has 1 amide bonds. The molecule has 1 rings (SSSR count). The van der Waals surface area contributed by atoms with E-state index in [0.717, 1.165) is 6.42 Å². The largest absolute Gasteiger partial charge is 0.475 e. The average molecular weight is 315 g/mol. The Morgan fingerprint density at radius 3 is 2.62 bits per heavy atom. The lowest BCUT2D eigenvalue weighted by atomic mass is 9.78. The fraction of sp³-hybridized carbons (Fsp3) is 0.846. The number of thiocarbonyl (C=S) groups is 1. The summed E-state index contributed by atoms with van der Waals surface area (Å²) in [6.07, 6.45) is 2.16. The van der Waals surface area contributed by atoms with Gasteiger partial charge < -0.3 is 26.0 Å². The first-order chi connectivity index (χ1) is 9.73. The molecule has 0 spiro atoms. The van der Waals surface area contributed by atoms with Gasteiger partial charge in [0.1, 0.15) is 4.99 Å². The molecule has 3 atom stereocenters. The predicted molar refractivity (Wildman–Crippen MR) is 87.6 cm³/mol. The number of rotatable bonds is 6. The van der Waals surface area contributed by atoms with Crippen molar-refractivity contribution in [2.75, 3.05) is 6.54 Å². The Bertz CT molecular complexity index is 382. The average Bonchev–Trinajstić information content (AvgIpc) is 2.85. The molecule has 21 heavy (non-hydrogen) atoms. The maximum atomic E-state index is 12.0. The zero-order valence-electron chi connectivity index (χ0n) is 13.0. The molecule has 1 aliphatic heterocycles. The molecule has 0 bridgehead atoms. The molecule has 0 aromatic carbocycles. The minimum Gasteiger partial charge on any atom is -0.426 e. The van der Waals surface area contributed by atoms with Crippen LogP contribution in [0.4, 0.5) is 0 Å². The molecule has 0 aromatic rings. The second kappa shape index (κ2) is 8.07. The highest BCUT2D eigenvalue weighted by molar-refractivity contribution is 7.80. The molecule has 120 valence electrons. The summed E-state index contributed by atoms with van der Waals surface area (Å²) in [4.78, 5) is 14.3. The third-order valence-corrected chi connectivity index (χ3v) is 4.31. The topological polar surface area (TPSA) is 98.8 Å². The van der Waals surface area contributed by atoms with Crippen LogP contribution in [0.2, 0.25) is 0 Å². The van der Waals surface area contributed by atoms with E-state index in [9.17, 15) is 14.8 Å². The Labute approximate surface area is 132 Å². The summed E-state index contributed by atoms with van der Waals surface area (Å²) in [6, 6.07) is -0.905. The highest BCUT2D eigenvalue weighted by Gasteiger charge is 2.36. The van der Waals surface area contributed by atoms with Crippen LogP contribution >= 0.6 is 12.2 Å². The Kier molecular flexibility index (Phi) is 7.06. The number of nitrogens with zero attached hydrogens (tertiary/aromatic N) is 1. The summed E-state index contributed by atoms with van der Waals surface area (Å²) in [5.41, 5.74) is 5.85. The highest BCUT2D eigenvalue weighted by Crippen LogP contribution is 2.20. The van der Waals surface area contributed by atoms with Gasteiger partial charge in [-0.1, -0.05) is 26.1 Å². The van der Waals surface area contributed by atoms with E-state index in [1.807, 2.05) is 13.8 Å². The standard InChI is InChI=1S/C13H26BN3O3S/c1-8(2)7-10(15)12(18)16-9(3)13(21)17-6-4-5-11(17)14(19)20/h8-11,19-20H,4-7,15H2,1-3H3,(H,16,18)/t9?,10?,11-/m0/s1. The monoisotopic (exact) mass is 315 g/mol. The number of carbonyl (C=O) groups is 1. The zero-order valence-corrected chi connectivity index (χ0v) is 13.8. The third-order valence-electron chi connectivity index (χ3n) is 3.72. The van der Waals surface area contributed by atoms with E-state index in [1.165, 1.54) is 0 Å². The molecule has 0 aliphatic carbocycles. The van der Waals surface area contributed by atoms with Gasteiger partial charge >= 0.3 is 7.12 Å². The molecule has 2 unspecified atom stereocenters. The van der Waals surface area contributed by atoms with Crippen LogP contribution in [0.25, 0.3) is 0 Å². The van der Waals surface area contributed by atoms with Gasteiger partial charge in [-0.2, -0.15) is 0 Å². The third kappa shape index (κ3) is 5.21. The van der Waals surface area contributed by atoms with Crippen molar-refractivity contribution < 1.29 is 14.8 Å². The predicted octanol–water partition coefficient (Wildman–Crippen LogP) is -0.332. The molecular formula is C13H26BN3O3S. The van der Waals surface area contributed by atoms with Gasteiger partial charge in [-0.25, -0.2) is 0 Å². The van der Waals surface area contributed by atoms with Gasteiger partial charge in [0.15, 0.2) is 0 Å². The van der Waals surface area contributed by atoms with Gasteiger partial charge in [0.25, 0.3) is 0 Å². The van der Waals surface area contributed by atoms with Gasteiger partial charge in [0.2, 0.25) is 5.91 Å². The van der Waals surface area contributed by atoms with Crippen LogP contribution in [-0.2, 0) is 4.79 Å². The molecule has 1 heterocycles. The molecular weight excluding hydrogens is 289 g/mol. The van der Waals surface area contributed by atoms with Crippen LogP contribution in [0.1, 0.15) is 40.0 Å². The summed E-state index contributed by atoms with van der Waals surface area (Å²) >= 11 is 5.37. The van der Waals surface area contributed by atoms with Crippen LogP contribution in [0.5, 0.6) is 0 Å². The molecule has 1 saturated heterocycles. The first kappa shape index (κ1) is 18.4. The van der Waals surface area contributed by atoms with Crippen molar-refractivity contribution in [3.05, 3.63) is 0 Å². The summed E-state index contributed by atoms with van der Waals surface area (Å²) < 4.78 is 0. The molecule has 0 aromatic heterocycles. The van der Waals surface area contributed by atoms with Gasteiger partial charge in [0.05, 0.1) is 18.0 Å². The van der Waals surface area contributed by atoms with Gasteiger partial charge in [-0.05, 0) is 32.1 Å². The van der Waals surface area contributed by atoms with Crippen molar-refractivity contribution in [3.8, 4) is 0 Å². The SMILES string of the molecule is CC(C)CC(N)C(=O)NC(C)C(=S)N1CCC[C@H]1B(O)O. The first-order valence-corrected chi connectivity index (χ1v) is 7.87. The zero-order chi connectivity index (χ0) is 16.2. The van der Waals surface area contributed by atoms with Crippen LogP contribution in [-0.4, -0.2) is 57.5 Å². The lowest BCUT2D eigenvalue weighted by Gasteiger charge is -2.30. The Hall–Kier alpha value is -0.695. The van der Waals surface area contributed by atoms with E-state index in [2.05, 4.69) is 5.32 Å². The molecule has 8 heteroatoms. The molecule has 0 radical (unpaired) electrons. The summed E-state index contributed by atoms with van der Waals surface area (Å²) in [5.74, 6) is -0.263. The van der Waals surface area contributed by atoms with Gasteiger partial charge in [-0.15, -0.1) is 0 Å². The fourth-order valence-corrected chi connectivity index (χ4v) is 2.91. The molecule has 6 nitrogen and oxygen atoms in total. The van der Waals surface area contributed by atoms with E-state index >= 15 is 0 Å². The van der Waals surface area contributed by atoms with Gasteiger partial charge in [0, 0.05) is 6.54 Å². The number of hydrogen-bond acceptors (Lipinski definition) is 5. The van der Waals surface area contributed by atoms with Crippen LogP contribution < -0.4 is 11.1 Å². The maximum absolute atomic E-state index is 12.0. The second-order valence-electron chi connectivity index (χ2n) is 6.12. The van der Waals surface area contributed by atoms with Crippen molar-refractivity contribution in [2.45, 2.75) is 58.1 Å². The highest BCUT2D eigenvalue weighted by atomic mass is 32.1. The number of nitrogens with one attached hydrogen (secondary N) is 1.